The molecule has 1 aliphatic heterocycles. The first-order chi connectivity index (χ1) is 15.0. The Morgan fingerprint density at radius 2 is 2.00 bits per heavy atom. The molecule has 1 aromatic heterocycles. The summed E-state index contributed by atoms with van der Waals surface area (Å²) in [4.78, 5) is 18.1. The molecule has 0 aliphatic carbocycles. The minimum atomic E-state index is -0.529. The first-order valence-electron chi connectivity index (χ1n) is 9.79. The molecule has 0 radical (unpaired) electrons. The zero-order valence-electron chi connectivity index (χ0n) is 17.3. The number of aromatic nitrogens is 3. The lowest BCUT2D eigenvalue weighted by molar-refractivity contribution is -0.113. The van der Waals surface area contributed by atoms with E-state index in [1.54, 1.807) is 23.9 Å². The fourth-order valence-corrected chi connectivity index (χ4v) is 4.33. The van der Waals surface area contributed by atoms with Crippen molar-refractivity contribution in [2.24, 2.45) is 0 Å². The van der Waals surface area contributed by atoms with Gasteiger partial charge in [-0.3, -0.25) is 4.79 Å². The van der Waals surface area contributed by atoms with E-state index in [-0.39, 0.29) is 5.91 Å². The van der Waals surface area contributed by atoms with E-state index in [0.29, 0.717) is 38.8 Å². The number of para-hydroxylation sites is 2. The Labute approximate surface area is 189 Å². The van der Waals surface area contributed by atoms with Crippen LogP contribution in [0.25, 0.3) is 0 Å². The van der Waals surface area contributed by atoms with Crippen molar-refractivity contribution in [1.82, 2.24) is 14.8 Å². The van der Waals surface area contributed by atoms with Crippen LogP contribution in [0.2, 0.25) is 5.02 Å². The van der Waals surface area contributed by atoms with Crippen molar-refractivity contribution in [3.8, 4) is 5.75 Å². The standard InChI is InChI=1S/C22H22ClN5O2S/c1-4-31-22-26-21-24-13(2)18(20(29)25-16-11-7-8-12-17(16)30-3)19(28(21)27-22)14-9-5-6-10-15(14)23/h5-12,19H,4H2,1-3H3,(H,25,29)(H,24,26,27). The molecule has 1 amide bonds. The number of hydrogen-bond donors (Lipinski definition) is 2. The van der Waals surface area contributed by atoms with Crippen molar-refractivity contribution < 1.29 is 9.53 Å². The molecule has 3 aromatic rings. The molecule has 2 aromatic carbocycles. The third kappa shape index (κ3) is 4.13. The van der Waals surface area contributed by atoms with Crippen molar-refractivity contribution in [3.63, 3.8) is 0 Å². The van der Waals surface area contributed by atoms with Crippen molar-refractivity contribution in [2.45, 2.75) is 25.0 Å². The Hall–Kier alpha value is -2.97. The van der Waals surface area contributed by atoms with Gasteiger partial charge >= 0.3 is 0 Å². The van der Waals surface area contributed by atoms with Gasteiger partial charge in [0.15, 0.2) is 0 Å². The number of rotatable bonds is 6. The number of hydrogen-bond acceptors (Lipinski definition) is 6. The number of anilines is 2. The van der Waals surface area contributed by atoms with Crippen molar-refractivity contribution in [1.29, 1.82) is 0 Å². The van der Waals surface area contributed by atoms with Crippen LogP contribution in [0.3, 0.4) is 0 Å². The number of thioether (sulfide) groups is 1. The maximum atomic E-state index is 13.5. The molecule has 0 saturated heterocycles. The molecule has 7 nitrogen and oxygen atoms in total. The number of carbonyl (C=O) groups excluding carboxylic acids is 1. The van der Waals surface area contributed by atoms with E-state index in [2.05, 4.69) is 20.7 Å². The molecule has 31 heavy (non-hydrogen) atoms. The molecule has 1 unspecified atom stereocenters. The van der Waals surface area contributed by atoms with Crippen LogP contribution in [0.5, 0.6) is 5.75 Å². The molecule has 2 heterocycles. The summed E-state index contributed by atoms with van der Waals surface area (Å²) in [5, 5.41) is 12.0. The second kappa shape index (κ2) is 9.03. The fourth-order valence-electron chi connectivity index (χ4n) is 3.54. The van der Waals surface area contributed by atoms with Gasteiger partial charge in [0.1, 0.15) is 11.8 Å². The predicted molar refractivity (Wildman–Crippen MR) is 124 cm³/mol. The lowest BCUT2D eigenvalue weighted by Gasteiger charge is -2.29. The highest BCUT2D eigenvalue weighted by molar-refractivity contribution is 7.99. The van der Waals surface area contributed by atoms with E-state index in [1.807, 2.05) is 50.2 Å². The van der Waals surface area contributed by atoms with Gasteiger partial charge in [-0.05, 0) is 30.9 Å². The average Bonchev–Trinajstić information content (AvgIpc) is 3.15. The van der Waals surface area contributed by atoms with Crippen LogP contribution in [0.15, 0.2) is 65.0 Å². The van der Waals surface area contributed by atoms with Gasteiger partial charge in [-0.15, -0.1) is 5.10 Å². The molecule has 1 aliphatic rings. The Kier molecular flexibility index (Phi) is 6.20. The number of amides is 1. The quantitative estimate of drug-likeness (QED) is 0.510. The number of nitrogens with one attached hydrogen (secondary N) is 2. The highest BCUT2D eigenvalue weighted by atomic mass is 35.5. The van der Waals surface area contributed by atoms with Gasteiger partial charge in [0.2, 0.25) is 11.1 Å². The van der Waals surface area contributed by atoms with Crippen LogP contribution < -0.4 is 15.4 Å². The maximum absolute atomic E-state index is 13.5. The number of fused-ring (bicyclic) bond motifs is 1. The van der Waals surface area contributed by atoms with Gasteiger partial charge in [0.05, 0.1) is 18.4 Å². The summed E-state index contributed by atoms with van der Waals surface area (Å²) in [6.07, 6.45) is 0. The predicted octanol–water partition coefficient (Wildman–Crippen LogP) is 4.98. The number of methoxy groups -OCH3 is 1. The van der Waals surface area contributed by atoms with E-state index in [9.17, 15) is 4.79 Å². The topological polar surface area (TPSA) is 81.1 Å². The molecule has 0 bridgehead atoms. The van der Waals surface area contributed by atoms with Crippen molar-refractivity contribution in [3.05, 3.63) is 70.4 Å². The number of ether oxygens (including phenoxy) is 1. The van der Waals surface area contributed by atoms with Gasteiger partial charge in [-0.25, -0.2) is 4.68 Å². The second-order valence-electron chi connectivity index (χ2n) is 6.84. The number of carbonyl (C=O) groups is 1. The van der Waals surface area contributed by atoms with Gasteiger partial charge in [0.25, 0.3) is 5.91 Å². The molecule has 0 fully saturated rings. The van der Waals surface area contributed by atoms with Gasteiger partial charge in [0, 0.05) is 16.3 Å². The van der Waals surface area contributed by atoms with Gasteiger partial charge < -0.3 is 15.4 Å². The van der Waals surface area contributed by atoms with Crippen molar-refractivity contribution in [2.75, 3.05) is 23.5 Å². The normalized spacial score (nSPS) is 15.3. The molecule has 160 valence electrons. The second-order valence-corrected chi connectivity index (χ2v) is 8.48. The highest BCUT2D eigenvalue weighted by Crippen LogP contribution is 2.39. The molecule has 9 heteroatoms. The van der Waals surface area contributed by atoms with E-state index in [0.717, 1.165) is 11.3 Å². The van der Waals surface area contributed by atoms with Gasteiger partial charge in [-0.2, -0.15) is 4.98 Å². The highest BCUT2D eigenvalue weighted by Gasteiger charge is 2.35. The zero-order chi connectivity index (χ0) is 22.0. The van der Waals surface area contributed by atoms with Crippen LogP contribution in [0.1, 0.15) is 25.5 Å². The van der Waals surface area contributed by atoms with Crippen LogP contribution in [0.4, 0.5) is 11.6 Å². The largest absolute Gasteiger partial charge is 0.495 e. The van der Waals surface area contributed by atoms with Crippen molar-refractivity contribution >= 4 is 40.9 Å². The first-order valence-corrected chi connectivity index (χ1v) is 11.2. The van der Waals surface area contributed by atoms with E-state index < -0.39 is 6.04 Å². The smallest absolute Gasteiger partial charge is 0.255 e. The number of allylic oxidation sites excluding steroid dienone is 1. The fraction of sp³-hybridized carbons (Fsp3) is 0.227. The van der Waals surface area contributed by atoms with E-state index >= 15 is 0 Å². The number of benzene rings is 2. The third-order valence-electron chi connectivity index (χ3n) is 4.91. The monoisotopic (exact) mass is 455 g/mol. The van der Waals surface area contributed by atoms with Gasteiger partial charge in [-0.1, -0.05) is 60.6 Å². The zero-order valence-corrected chi connectivity index (χ0v) is 18.9. The summed E-state index contributed by atoms with van der Waals surface area (Å²) < 4.78 is 7.11. The summed E-state index contributed by atoms with van der Waals surface area (Å²) >= 11 is 8.09. The van der Waals surface area contributed by atoms with Crippen LogP contribution >= 0.6 is 23.4 Å². The molecule has 0 spiro atoms. The lowest BCUT2D eigenvalue weighted by Crippen LogP contribution is -2.31. The lowest BCUT2D eigenvalue weighted by atomic mass is 9.95. The Bertz CT molecular complexity index is 1160. The maximum Gasteiger partial charge on any atom is 0.255 e. The number of halogens is 1. The first kappa shape index (κ1) is 21.3. The minimum Gasteiger partial charge on any atom is -0.495 e. The van der Waals surface area contributed by atoms with Crippen LogP contribution in [-0.2, 0) is 4.79 Å². The van der Waals surface area contributed by atoms with Crippen LogP contribution in [-0.4, -0.2) is 33.5 Å². The molecular formula is C22H22ClN5O2S. The minimum absolute atomic E-state index is 0.273. The Morgan fingerprint density at radius 3 is 2.74 bits per heavy atom. The molecule has 4 rings (SSSR count). The van der Waals surface area contributed by atoms with E-state index in [4.69, 9.17) is 16.3 Å². The third-order valence-corrected chi connectivity index (χ3v) is 5.97. The Balaban J connectivity index is 1.80. The summed E-state index contributed by atoms with van der Waals surface area (Å²) in [7, 11) is 1.57. The summed E-state index contributed by atoms with van der Waals surface area (Å²) in [5.41, 5.74) is 2.55. The SMILES string of the molecule is CCSc1nc2n(n1)C(c1ccccc1Cl)C(C(=O)Nc1ccccc1OC)=C(C)N2. The molecular weight excluding hydrogens is 434 g/mol. The average molecular weight is 456 g/mol. The molecule has 0 saturated carbocycles. The summed E-state index contributed by atoms with van der Waals surface area (Å²) in [5.74, 6) is 1.72. The summed E-state index contributed by atoms with van der Waals surface area (Å²) in [6, 6.07) is 14.2. The summed E-state index contributed by atoms with van der Waals surface area (Å²) in [6.45, 7) is 3.89. The molecule has 2 N–H and O–H groups in total. The number of nitrogens with zero attached hydrogens (tertiary/aromatic N) is 3. The van der Waals surface area contributed by atoms with Crippen LogP contribution in [0, 0.1) is 0 Å². The Morgan fingerprint density at radius 1 is 1.26 bits per heavy atom. The molecule has 1 atom stereocenters. The van der Waals surface area contributed by atoms with E-state index in [1.165, 1.54) is 11.8 Å².